The quantitative estimate of drug-likeness (QED) is 0.176. The van der Waals surface area contributed by atoms with E-state index >= 15 is 0 Å². The van der Waals surface area contributed by atoms with Crippen LogP contribution in [0, 0.1) is 24.6 Å². The molecule has 0 aliphatic heterocycles. The third-order valence-electron chi connectivity index (χ3n) is 5.80. The van der Waals surface area contributed by atoms with Crippen LogP contribution >= 0.6 is 34.5 Å². The Kier molecular flexibility index (Phi) is 9.33. The Balaban J connectivity index is 1.48. The van der Waals surface area contributed by atoms with E-state index in [9.17, 15) is 14.0 Å². The Bertz CT molecular complexity index is 1610. The summed E-state index contributed by atoms with van der Waals surface area (Å²) in [5.74, 6) is 4.79. The van der Waals surface area contributed by atoms with Crippen molar-refractivity contribution in [3.8, 4) is 11.8 Å². The van der Waals surface area contributed by atoms with Crippen LogP contribution in [0.5, 0.6) is 0 Å². The molecule has 0 aliphatic rings. The summed E-state index contributed by atoms with van der Waals surface area (Å²) in [4.78, 5) is 32.5. The lowest BCUT2D eigenvalue weighted by Crippen LogP contribution is -2.43. The zero-order valence-electron chi connectivity index (χ0n) is 21.5. The van der Waals surface area contributed by atoms with E-state index in [2.05, 4.69) is 17.2 Å². The van der Waals surface area contributed by atoms with Gasteiger partial charge in [0.25, 0.3) is 0 Å². The fourth-order valence-electron chi connectivity index (χ4n) is 3.71. The van der Waals surface area contributed by atoms with Crippen molar-refractivity contribution in [3.63, 3.8) is 0 Å². The zero-order chi connectivity index (χ0) is 28.8. The molecule has 0 saturated heterocycles. The number of nitrogens with zero attached hydrogens (tertiary/aromatic N) is 1. The molecule has 1 atom stereocenters. The van der Waals surface area contributed by atoms with Crippen LogP contribution in [-0.2, 0) is 11.3 Å². The number of hydroxylamine groups is 2. The number of carbonyl (C=O) groups excluding carboxylic acids is 2. The molecule has 0 unspecified atom stereocenters. The average molecular weight is 597 g/mol. The van der Waals surface area contributed by atoms with Crippen molar-refractivity contribution in [1.29, 1.82) is 0 Å². The maximum atomic E-state index is 13.2. The molecule has 0 bridgehead atoms. The molecule has 3 aromatic carbocycles. The van der Waals surface area contributed by atoms with Gasteiger partial charge in [0.1, 0.15) is 11.9 Å². The highest BCUT2D eigenvalue weighted by Gasteiger charge is 2.24. The van der Waals surface area contributed by atoms with E-state index in [-0.39, 0.29) is 11.4 Å². The van der Waals surface area contributed by atoms with Crippen LogP contribution in [0.25, 0.3) is 0 Å². The smallest absolute Gasteiger partial charge is 0.352 e. The van der Waals surface area contributed by atoms with Gasteiger partial charge in [-0.3, -0.25) is 0 Å². The normalized spacial score (nSPS) is 11.2. The van der Waals surface area contributed by atoms with E-state index in [1.54, 1.807) is 49.4 Å². The SMILES string of the molecule is Cc1ccc(Cl)c(Nc2ccccc2C(=O)ON(C(N)=O)[C@H](C)C#Cc2ccc(Cc3ccc(F)cc3)s2)c1Cl. The van der Waals surface area contributed by atoms with Gasteiger partial charge >= 0.3 is 12.0 Å². The molecule has 0 radical (unpaired) electrons. The van der Waals surface area contributed by atoms with Crippen LogP contribution in [0.4, 0.5) is 20.6 Å². The number of nitrogens with two attached hydrogens (primary N) is 1. The molecule has 4 rings (SSSR count). The number of nitrogens with one attached hydrogen (secondary N) is 1. The van der Waals surface area contributed by atoms with Crippen molar-refractivity contribution in [2.24, 2.45) is 5.73 Å². The van der Waals surface area contributed by atoms with E-state index in [1.165, 1.54) is 29.5 Å². The molecular formula is C30H24Cl2FN3O3S. The van der Waals surface area contributed by atoms with E-state index in [0.29, 0.717) is 27.8 Å². The number of primary amides is 1. The first-order chi connectivity index (χ1) is 19.1. The second-order valence-electron chi connectivity index (χ2n) is 8.78. The summed E-state index contributed by atoms with van der Waals surface area (Å²) in [6, 6.07) is 18.3. The molecule has 0 aliphatic carbocycles. The van der Waals surface area contributed by atoms with Gasteiger partial charge < -0.3 is 15.9 Å². The van der Waals surface area contributed by atoms with Gasteiger partial charge in [-0.15, -0.1) is 16.4 Å². The fourth-order valence-corrected chi connectivity index (χ4v) is 5.08. The van der Waals surface area contributed by atoms with Crippen molar-refractivity contribution in [1.82, 2.24) is 5.06 Å². The Morgan fingerprint density at radius 3 is 2.52 bits per heavy atom. The Morgan fingerprint density at radius 1 is 1.07 bits per heavy atom. The number of hydrogen-bond acceptors (Lipinski definition) is 5. The van der Waals surface area contributed by atoms with Gasteiger partial charge in [-0.05, 0) is 67.4 Å². The molecule has 0 saturated carbocycles. The summed E-state index contributed by atoms with van der Waals surface area (Å²) in [5.41, 5.74) is 8.23. The predicted molar refractivity (Wildman–Crippen MR) is 158 cm³/mol. The third kappa shape index (κ3) is 7.13. The molecule has 0 spiro atoms. The highest BCUT2D eigenvalue weighted by molar-refractivity contribution is 7.12. The van der Waals surface area contributed by atoms with Crippen molar-refractivity contribution in [2.75, 3.05) is 5.32 Å². The number of halogens is 3. The second kappa shape index (κ2) is 12.9. The summed E-state index contributed by atoms with van der Waals surface area (Å²) < 4.78 is 13.2. The lowest BCUT2D eigenvalue weighted by atomic mass is 10.1. The van der Waals surface area contributed by atoms with Gasteiger partial charge in [0.15, 0.2) is 0 Å². The molecule has 1 aromatic heterocycles. The summed E-state index contributed by atoms with van der Waals surface area (Å²) in [7, 11) is 0. The molecule has 204 valence electrons. The number of amides is 2. The Morgan fingerprint density at radius 2 is 1.80 bits per heavy atom. The topological polar surface area (TPSA) is 84.7 Å². The maximum absolute atomic E-state index is 13.2. The summed E-state index contributed by atoms with van der Waals surface area (Å²) >= 11 is 14.2. The van der Waals surface area contributed by atoms with E-state index in [0.717, 1.165) is 25.9 Å². The molecule has 40 heavy (non-hydrogen) atoms. The van der Waals surface area contributed by atoms with Gasteiger partial charge in [0.2, 0.25) is 0 Å². The maximum Gasteiger partial charge on any atom is 0.365 e. The number of carbonyl (C=O) groups is 2. The number of hydrogen-bond donors (Lipinski definition) is 2. The molecule has 4 aromatic rings. The molecule has 2 amide bonds. The highest BCUT2D eigenvalue weighted by atomic mass is 35.5. The van der Waals surface area contributed by atoms with Gasteiger partial charge in [-0.25, -0.2) is 14.0 Å². The van der Waals surface area contributed by atoms with Crippen LogP contribution in [0.15, 0.2) is 72.8 Å². The Hall–Kier alpha value is -4.03. The van der Waals surface area contributed by atoms with Crippen LogP contribution < -0.4 is 11.1 Å². The van der Waals surface area contributed by atoms with Gasteiger partial charge in [0, 0.05) is 11.3 Å². The number of rotatable bonds is 6. The molecule has 6 nitrogen and oxygen atoms in total. The van der Waals surface area contributed by atoms with E-state index in [1.807, 2.05) is 19.1 Å². The van der Waals surface area contributed by atoms with Crippen LogP contribution in [0.3, 0.4) is 0 Å². The summed E-state index contributed by atoms with van der Waals surface area (Å²) in [5, 5.41) is 4.60. The van der Waals surface area contributed by atoms with Crippen LogP contribution in [0.2, 0.25) is 10.0 Å². The minimum atomic E-state index is -0.978. The van der Waals surface area contributed by atoms with Crippen molar-refractivity contribution in [3.05, 3.63) is 115 Å². The minimum absolute atomic E-state index is 0.131. The number of para-hydroxylation sites is 1. The van der Waals surface area contributed by atoms with Gasteiger partial charge in [0.05, 0.1) is 31.9 Å². The van der Waals surface area contributed by atoms with Crippen LogP contribution in [-0.4, -0.2) is 23.1 Å². The van der Waals surface area contributed by atoms with Crippen molar-refractivity contribution >= 4 is 57.9 Å². The first-order valence-corrected chi connectivity index (χ1v) is 13.7. The molecule has 10 heteroatoms. The molecule has 0 fully saturated rings. The number of benzene rings is 3. The average Bonchev–Trinajstić information content (AvgIpc) is 3.39. The number of thiophene rings is 1. The molecular weight excluding hydrogens is 572 g/mol. The van der Waals surface area contributed by atoms with E-state index < -0.39 is 18.0 Å². The van der Waals surface area contributed by atoms with Crippen molar-refractivity contribution in [2.45, 2.75) is 26.3 Å². The van der Waals surface area contributed by atoms with E-state index in [4.69, 9.17) is 33.8 Å². The number of aryl methyl sites for hydroxylation is 1. The number of anilines is 2. The first kappa shape index (κ1) is 29.0. The largest absolute Gasteiger partial charge is 0.365 e. The minimum Gasteiger partial charge on any atom is -0.352 e. The highest BCUT2D eigenvalue weighted by Crippen LogP contribution is 2.36. The third-order valence-corrected chi connectivity index (χ3v) is 7.60. The lowest BCUT2D eigenvalue weighted by Gasteiger charge is -2.22. The van der Waals surface area contributed by atoms with Crippen molar-refractivity contribution < 1.29 is 18.8 Å². The fraction of sp³-hybridized carbons (Fsp3) is 0.133. The Labute approximate surface area is 245 Å². The molecule has 3 N–H and O–H groups in total. The first-order valence-electron chi connectivity index (χ1n) is 12.1. The van der Waals surface area contributed by atoms with Gasteiger partial charge in [-0.1, -0.05) is 65.4 Å². The van der Waals surface area contributed by atoms with Crippen LogP contribution in [0.1, 0.15) is 38.2 Å². The molecule has 1 heterocycles. The summed E-state index contributed by atoms with van der Waals surface area (Å²) in [6.45, 7) is 3.42. The standard InChI is InChI=1S/C30H24Cl2FN3O3S/c1-18-7-16-25(31)28(27(18)32)35-26-6-4-3-5-24(26)29(37)39-36(30(34)38)19(2)8-13-22-14-15-23(40-22)17-20-9-11-21(33)12-10-20/h3-7,9-12,14-16,19,35H,17H2,1-2H3,(H2,34,38)/t19-/m1/s1. The monoisotopic (exact) mass is 595 g/mol. The summed E-state index contributed by atoms with van der Waals surface area (Å²) in [6.07, 6.45) is 0.639. The lowest BCUT2D eigenvalue weighted by molar-refractivity contribution is -0.0808. The second-order valence-corrected chi connectivity index (χ2v) is 10.7. The van der Waals surface area contributed by atoms with Gasteiger partial charge in [-0.2, -0.15) is 0 Å². The number of urea groups is 1. The predicted octanol–water partition coefficient (Wildman–Crippen LogP) is 7.73. The zero-order valence-corrected chi connectivity index (χ0v) is 23.8.